The molecule has 4 rings (SSSR count). The minimum Gasteiger partial charge on any atom is -0.496 e. The van der Waals surface area contributed by atoms with Crippen LogP contribution in [-0.2, 0) is 4.79 Å². The van der Waals surface area contributed by atoms with Gasteiger partial charge in [-0.1, -0.05) is 18.2 Å². The van der Waals surface area contributed by atoms with E-state index in [-0.39, 0.29) is 16.2 Å². The molecular formula is C22H20ClFN4O2S. The van der Waals surface area contributed by atoms with Crippen LogP contribution in [0.25, 0.3) is 10.9 Å². The molecule has 0 bridgehead atoms. The SMILES string of the molecule is C=CC(=O)N1CCC(Sc2cc3c(Nc4ccc(F)c(Cl)c4)ncnc3cc2OC)C1. The predicted octanol–water partition coefficient (Wildman–Crippen LogP) is 5.05. The van der Waals surface area contributed by atoms with Gasteiger partial charge in [0.2, 0.25) is 5.91 Å². The van der Waals surface area contributed by atoms with Crippen LogP contribution >= 0.6 is 23.4 Å². The highest BCUT2D eigenvalue weighted by molar-refractivity contribution is 8.00. The fourth-order valence-corrected chi connectivity index (χ4v) is 4.92. The van der Waals surface area contributed by atoms with Crippen molar-refractivity contribution in [1.82, 2.24) is 14.9 Å². The maximum atomic E-state index is 13.5. The molecule has 31 heavy (non-hydrogen) atoms. The second-order valence-corrected chi connectivity index (χ2v) is 8.76. The number of aromatic nitrogens is 2. The van der Waals surface area contributed by atoms with Crippen LogP contribution in [0, 0.1) is 5.82 Å². The van der Waals surface area contributed by atoms with Crippen LogP contribution in [0.2, 0.25) is 5.02 Å². The van der Waals surface area contributed by atoms with Gasteiger partial charge in [-0.2, -0.15) is 0 Å². The van der Waals surface area contributed by atoms with Gasteiger partial charge in [-0.3, -0.25) is 4.79 Å². The molecule has 1 aliphatic rings. The lowest BCUT2D eigenvalue weighted by Gasteiger charge is -2.16. The van der Waals surface area contributed by atoms with Gasteiger partial charge in [-0.05, 0) is 36.8 Å². The summed E-state index contributed by atoms with van der Waals surface area (Å²) in [5.41, 5.74) is 1.33. The number of fused-ring (bicyclic) bond motifs is 1. The number of hydrogen-bond acceptors (Lipinski definition) is 6. The average molecular weight is 459 g/mol. The number of carbonyl (C=O) groups excluding carboxylic acids is 1. The zero-order valence-corrected chi connectivity index (χ0v) is 18.3. The Morgan fingerprint density at radius 3 is 2.97 bits per heavy atom. The molecule has 1 amide bonds. The zero-order valence-electron chi connectivity index (χ0n) is 16.8. The number of rotatable bonds is 6. The first-order valence-corrected chi connectivity index (χ1v) is 10.9. The van der Waals surface area contributed by atoms with Crippen molar-refractivity contribution in [2.45, 2.75) is 16.6 Å². The molecular weight excluding hydrogens is 439 g/mol. The second-order valence-electron chi connectivity index (χ2n) is 7.01. The molecule has 6 nitrogen and oxygen atoms in total. The lowest BCUT2D eigenvalue weighted by molar-refractivity contribution is -0.124. The van der Waals surface area contributed by atoms with E-state index in [9.17, 15) is 9.18 Å². The van der Waals surface area contributed by atoms with Crippen LogP contribution in [0.4, 0.5) is 15.9 Å². The summed E-state index contributed by atoms with van der Waals surface area (Å²) in [7, 11) is 1.62. The van der Waals surface area contributed by atoms with Crippen molar-refractivity contribution in [3.63, 3.8) is 0 Å². The third-order valence-electron chi connectivity index (χ3n) is 5.03. The van der Waals surface area contributed by atoms with Gasteiger partial charge < -0.3 is 15.0 Å². The standard InChI is InChI=1S/C22H20ClFN4O2S/c1-3-21(29)28-7-6-14(11-28)31-20-9-15-18(10-19(20)30-2)25-12-26-22(15)27-13-4-5-17(24)16(23)8-13/h3-5,8-10,12,14H,1,6-7,11H2,2H3,(H,25,26,27). The summed E-state index contributed by atoms with van der Waals surface area (Å²) in [5.74, 6) is 0.752. The number of thioether (sulfide) groups is 1. The first-order chi connectivity index (χ1) is 15.0. The summed E-state index contributed by atoms with van der Waals surface area (Å²) in [6, 6.07) is 8.24. The van der Waals surface area contributed by atoms with Crippen molar-refractivity contribution in [2.24, 2.45) is 0 Å². The quantitative estimate of drug-likeness (QED) is 0.521. The maximum absolute atomic E-state index is 13.5. The van der Waals surface area contributed by atoms with Crippen molar-refractivity contribution in [3.05, 3.63) is 60.2 Å². The van der Waals surface area contributed by atoms with Crippen LogP contribution in [0.1, 0.15) is 6.42 Å². The monoisotopic (exact) mass is 458 g/mol. The molecule has 1 fully saturated rings. The van der Waals surface area contributed by atoms with Gasteiger partial charge in [-0.15, -0.1) is 11.8 Å². The van der Waals surface area contributed by atoms with Gasteiger partial charge in [0.25, 0.3) is 0 Å². The van der Waals surface area contributed by atoms with Crippen LogP contribution in [0.5, 0.6) is 5.75 Å². The third-order valence-corrected chi connectivity index (χ3v) is 6.61. The fraction of sp³-hybridized carbons (Fsp3) is 0.227. The fourth-order valence-electron chi connectivity index (χ4n) is 3.46. The molecule has 0 aliphatic carbocycles. The van der Waals surface area contributed by atoms with Crippen LogP contribution in [0.15, 0.2) is 54.2 Å². The Bertz CT molecular complexity index is 1160. The van der Waals surface area contributed by atoms with Crippen molar-refractivity contribution < 1.29 is 13.9 Å². The summed E-state index contributed by atoms with van der Waals surface area (Å²) in [5, 5.41) is 4.25. The van der Waals surface area contributed by atoms with Gasteiger partial charge in [0.15, 0.2) is 0 Å². The second kappa shape index (κ2) is 9.11. The number of hydrogen-bond donors (Lipinski definition) is 1. The molecule has 1 unspecified atom stereocenters. The topological polar surface area (TPSA) is 67.4 Å². The van der Waals surface area contributed by atoms with E-state index in [1.807, 2.05) is 12.1 Å². The molecule has 0 spiro atoms. The number of nitrogens with zero attached hydrogens (tertiary/aromatic N) is 3. The van der Waals surface area contributed by atoms with Crippen LogP contribution < -0.4 is 10.1 Å². The molecule has 0 radical (unpaired) electrons. The van der Waals surface area contributed by atoms with Gasteiger partial charge in [0.05, 0.1) is 22.5 Å². The molecule has 1 N–H and O–H groups in total. The molecule has 2 heterocycles. The van der Waals surface area contributed by atoms with E-state index >= 15 is 0 Å². The summed E-state index contributed by atoms with van der Waals surface area (Å²) in [4.78, 5) is 23.3. The highest BCUT2D eigenvalue weighted by Crippen LogP contribution is 2.39. The lowest BCUT2D eigenvalue weighted by Crippen LogP contribution is -2.27. The zero-order chi connectivity index (χ0) is 22.0. The van der Waals surface area contributed by atoms with Crippen molar-refractivity contribution >= 4 is 51.7 Å². The lowest BCUT2D eigenvalue weighted by atomic mass is 10.2. The molecule has 1 saturated heterocycles. The smallest absolute Gasteiger partial charge is 0.245 e. The Balaban J connectivity index is 1.64. The minimum absolute atomic E-state index is 0.0288. The molecule has 9 heteroatoms. The molecule has 1 atom stereocenters. The number of likely N-dealkylation sites (tertiary alicyclic amines) is 1. The van der Waals surface area contributed by atoms with E-state index in [1.54, 1.807) is 29.8 Å². The average Bonchev–Trinajstić information content (AvgIpc) is 3.24. The minimum atomic E-state index is -0.483. The molecule has 3 aromatic rings. The van der Waals surface area contributed by atoms with E-state index in [4.69, 9.17) is 16.3 Å². The number of amides is 1. The van der Waals surface area contributed by atoms with Crippen LogP contribution in [0.3, 0.4) is 0 Å². The molecule has 1 aliphatic heterocycles. The molecule has 0 saturated carbocycles. The molecule has 1 aromatic heterocycles. The third kappa shape index (κ3) is 4.60. The Morgan fingerprint density at radius 2 is 2.23 bits per heavy atom. The highest BCUT2D eigenvalue weighted by Gasteiger charge is 2.26. The number of benzene rings is 2. The van der Waals surface area contributed by atoms with Gasteiger partial charge in [-0.25, -0.2) is 14.4 Å². The number of carbonyl (C=O) groups is 1. The van der Waals surface area contributed by atoms with E-state index in [0.29, 0.717) is 35.9 Å². The van der Waals surface area contributed by atoms with Crippen molar-refractivity contribution in [2.75, 3.05) is 25.5 Å². The Hall–Kier alpha value is -2.84. The normalized spacial score (nSPS) is 15.8. The van der Waals surface area contributed by atoms with Gasteiger partial charge in [0, 0.05) is 35.5 Å². The first kappa shape index (κ1) is 21.4. The predicted molar refractivity (Wildman–Crippen MR) is 122 cm³/mol. The Morgan fingerprint density at radius 1 is 1.39 bits per heavy atom. The van der Waals surface area contributed by atoms with E-state index in [1.165, 1.54) is 24.5 Å². The number of methoxy groups -OCH3 is 1. The number of halogens is 2. The van der Waals surface area contributed by atoms with Crippen LogP contribution in [-0.4, -0.2) is 46.2 Å². The van der Waals surface area contributed by atoms with Crippen molar-refractivity contribution in [3.8, 4) is 5.75 Å². The molecule has 2 aromatic carbocycles. The largest absolute Gasteiger partial charge is 0.496 e. The van der Waals surface area contributed by atoms with E-state index in [0.717, 1.165) is 16.7 Å². The Labute approximate surface area is 188 Å². The number of ether oxygens (including phenoxy) is 1. The highest BCUT2D eigenvalue weighted by atomic mass is 35.5. The molecule has 160 valence electrons. The maximum Gasteiger partial charge on any atom is 0.245 e. The van der Waals surface area contributed by atoms with E-state index < -0.39 is 5.82 Å². The van der Waals surface area contributed by atoms with E-state index in [2.05, 4.69) is 21.9 Å². The van der Waals surface area contributed by atoms with Gasteiger partial charge in [0.1, 0.15) is 23.7 Å². The summed E-state index contributed by atoms with van der Waals surface area (Å²) >= 11 is 7.56. The number of nitrogens with one attached hydrogen (secondary N) is 1. The Kier molecular flexibility index (Phi) is 6.29. The first-order valence-electron chi connectivity index (χ1n) is 9.61. The summed E-state index contributed by atoms with van der Waals surface area (Å²) in [6.07, 6.45) is 3.69. The summed E-state index contributed by atoms with van der Waals surface area (Å²) < 4.78 is 19.1. The number of anilines is 2. The summed E-state index contributed by atoms with van der Waals surface area (Å²) in [6.45, 7) is 4.92. The van der Waals surface area contributed by atoms with Crippen molar-refractivity contribution in [1.29, 1.82) is 0 Å². The van der Waals surface area contributed by atoms with Gasteiger partial charge >= 0.3 is 0 Å².